The average molecular weight is 238 g/mol. The van der Waals surface area contributed by atoms with Gasteiger partial charge in [-0.05, 0) is 18.2 Å². The van der Waals surface area contributed by atoms with Crippen LogP contribution in [-0.2, 0) is 0 Å². The molecule has 0 radical (unpaired) electrons. The first-order chi connectivity index (χ1) is 8.92. The Morgan fingerprint density at radius 2 is 1.83 bits per heavy atom. The molecule has 0 amide bonds. The van der Waals surface area contributed by atoms with Gasteiger partial charge >= 0.3 is 6.01 Å². The van der Waals surface area contributed by atoms with Gasteiger partial charge in [0.25, 0.3) is 0 Å². The van der Waals surface area contributed by atoms with Gasteiger partial charge in [0.15, 0.2) is 5.82 Å². The van der Waals surface area contributed by atoms with Gasteiger partial charge in [0, 0.05) is 18.6 Å². The Kier molecular flexibility index (Phi) is 2.71. The van der Waals surface area contributed by atoms with Crippen LogP contribution in [0.1, 0.15) is 0 Å². The molecule has 0 saturated carbocycles. The third kappa shape index (κ3) is 2.20. The van der Waals surface area contributed by atoms with Crippen molar-refractivity contribution in [2.45, 2.75) is 0 Å². The van der Waals surface area contributed by atoms with E-state index in [4.69, 9.17) is 4.74 Å². The highest BCUT2D eigenvalue weighted by atomic mass is 16.5. The van der Waals surface area contributed by atoms with Crippen LogP contribution in [0.2, 0.25) is 0 Å². The number of para-hydroxylation sites is 1. The second-order valence-electron chi connectivity index (χ2n) is 3.58. The molecule has 0 atom stereocenters. The zero-order valence-electron chi connectivity index (χ0n) is 9.45. The van der Waals surface area contributed by atoms with E-state index in [-0.39, 0.29) is 0 Å². The largest absolute Gasteiger partial charge is 0.424 e. The number of rotatable bonds is 3. The molecule has 2 heterocycles. The summed E-state index contributed by atoms with van der Waals surface area (Å²) in [5, 5.41) is 0. The standard InChI is InChI=1S/C13H10N4O/c1-2-4-10(5-3-1)18-13-16-7-6-11(17-13)12-14-8-9-15-12/h1-9H,(H,14,15). The molecule has 0 unspecified atom stereocenters. The number of aromatic amines is 1. The molecule has 0 bridgehead atoms. The molecule has 1 N–H and O–H groups in total. The van der Waals surface area contributed by atoms with Crippen molar-refractivity contribution < 1.29 is 4.74 Å². The molecule has 1 aromatic carbocycles. The first-order valence-corrected chi connectivity index (χ1v) is 5.47. The Bertz CT molecular complexity index is 623. The summed E-state index contributed by atoms with van der Waals surface area (Å²) in [6.45, 7) is 0. The lowest BCUT2D eigenvalue weighted by molar-refractivity contribution is 0.442. The maximum Gasteiger partial charge on any atom is 0.322 e. The lowest BCUT2D eigenvalue weighted by Gasteiger charge is -2.03. The molecule has 88 valence electrons. The Hall–Kier alpha value is -2.69. The topological polar surface area (TPSA) is 63.7 Å². The molecule has 18 heavy (non-hydrogen) atoms. The Morgan fingerprint density at radius 3 is 2.61 bits per heavy atom. The minimum absolute atomic E-state index is 0.301. The van der Waals surface area contributed by atoms with Crippen molar-refractivity contribution in [2.75, 3.05) is 0 Å². The first-order valence-electron chi connectivity index (χ1n) is 5.47. The molecule has 5 heteroatoms. The molecular formula is C13H10N4O. The molecule has 0 spiro atoms. The van der Waals surface area contributed by atoms with E-state index in [2.05, 4.69) is 19.9 Å². The lowest BCUT2D eigenvalue weighted by Crippen LogP contribution is -1.93. The van der Waals surface area contributed by atoms with Crippen LogP contribution in [0.15, 0.2) is 55.0 Å². The minimum Gasteiger partial charge on any atom is -0.424 e. The van der Waals surface area contributed by atoms with Crippen LogP contribution >= 0.6 is 0 Å². The molecular weight excluding hydrogens is 228 g/mol. The summed E-state index contributed by atoms with van der Waals surface area (Å²) in [7, 11) is 0. The quantitative estimate of drug-likeness (QED) is 0.761. The second-order valence-corrected chi connectivity index (χ2v) is 3.58. The third-order valence-electron chi connectivity index (χ3n) is 2.33. The maximum atomic E-state index is 5.55. The van der Waals surface area contributed by atoms with E-state index < -0.39 is 0 Å². The number of ether oxygens (including phenoxy) is 1. The van der Waals surface area contributed by atoms with E-state index in [0.717, 1.165) is 0 Å². The second kappa shape index (κ2) is 4.67. The van der Waals surface area contributed by atoms with Crippen LogP contribution < -0.4 is 4.74 Å². The molecule has 5 nitrogen and oxygen atoms in total. The summed E-state index contributed by atoms with van der Waals surface area (Å²) >= 11 is 0. The van der Waals surface area contributed by atoms with Gasteiger partial charge in [0.2, 0.25) is 0 Å². The summed E-state index contributed by atoms with van der Waals surface area (Å²) < 4.78 is 5.55. The zero-order valence-corrected chi connectivity index (χ0v) is 9.45. The van der Waals surface area contributed by atoms with Crippen molar-refractivity contribution in [1.29, 1.82) is 0 Å². The summed E-state index contributed by atoms with van der Waals surface area (Å²) in [6.07, 6.45) is 5.06. The molecule has 0 aliphatic carbocycles. The normalized spacial score (nSPS) is 10.2. The van der Waals surface area contributed by atoms with Crippen molar-refractivity contribution in [3.8, 4) is 23.3 Å². The molecule has 0 fully saturated rings. The van der Waals surface area contributed by atoms with E-state index >= 15 is 0 Å². The first kappa shape index (κ1) is 10.5. The Balaban J connectivity index is 1.88. The highest BCUT2D eigenvalue weighted by Crippen LogP contribution is 2.19. The predicted octanol–water partition coefficient (Wildman–Crippen LogP) is 2.66. The SMILES string of the molecule is c1ccc(Oc2nccc(-c3ncc[nH]3)n2)cc1. The molecule has 3 rings (SSSR count). The molecule has 0 aliphatic rings. The van der Waals surface area contributed by atoms with E-state index in [1.807, 2.05) is 30.3 Å². The highest BCUT2D eigenvalue weighted by Gasteiger charge is 2.05. The van der Waals surface area contributed by atoms with Crippen LogP contribution in [0.5, 0.6) is 11.8 Å². The van der Waals surface area contributed by atoms with E-state index in [1.54, 1.807) is 24.7 Å². The van der Waals surface area contributed by atoms with Gasteiger partial charge in [0.05, 0.1) is 0 Å². The van der Waals surface area contributed by atoms with Crippen LogP contribution in [0.4, 0.5) is 0 Å². The fourth-order valence-corrected chi connectivity index (χ4v) is 1.52. The van der Waals surface area contributed by atoms with Crippen molar-refractivity contribution in [2.24, 2.45) is 0 Å². The van der Waals surface area contributed by atoms with Gasteiger partial charge in [-0.25, -0.2) is 9.97 Å². The van der Waals surface area contributed by atoms with Crippen LogP contribution in [0.3, 0.4) is 0 Å². The van der Waals surface area contributed by atoms with Crippen LogP contribution in [0.25, 0.3) is 11.5 Å². The maximum absolute atomic E-state index is 5.55. The minimum atomic E-state index is 0.301. The van der Waals surface area contributed by atoms with Gasteiger partial charge in [0.1, 0.15) is 11.4 Å². The molecule has 3 aromatic rings. The van der Waals surface area contributed by atoms with Gasteiger partial charge in [-0.15, -0.1) is 0 Å². The van der Waals surface area contributed by atoms with Crippen molar-refractivity contribution in [3.05, 3.63) is 55.0 Å². The Morgan fingerprint density at radius 1 is 0.944 bits per heavy atom. The summed E-state index contributed by atoms with van der Waals surface area (Å²) in [6, 6.07) is 11.5. The molecule has 2 aromatic heterocycles. The van der Waals surface area contributed by atoms with Crippen molar-refractivity contribution in [3.63, 3.8) is 0 Å². The third-order valence-corrected chi connectivity index (χ3v) is 2.33. The number of nitrogens with zero attached hydrogens (tertiary/aromatic N) is 3. The number of nitrogens with one attached hydrogen (secondary N) is 1. The van der Waals surface area contributed by atoms with Gasteiger partial charge in [-0.2, -0.15) is 4.98 Å². The van der Waals surface area contributed by atoms with Gasteiger partial charge < -0.3 is 9.72 Å². The molecule has 0 aliphatic heterocycles. The summed E-state index contributed by atoms with van der Waals surface area (Å²) in [5.74, 6) is 1.39. The van der Waals surface area contributed by atoms with Crippen LogP contribution in [0, 0.1) is 0 Å². The number of imidazole rings is 1. The van der Waals surface area contributed by atoms with Crippen molar-refractivity contribution >= 4 is 0 Å². The van der Waals surface area contributed by atoms with E-state index in [0.29, 0.717) is 23.3 Å². The van der Waals surface area contributed by atoms with Crippen LogP contribution in [-0.4, -0.2) is 19.9 Å². The Labute approximate surface area is 104 Å². The fraction of sp³-hybridized carbons (Fsp3) is 0. The number of aromatic nitrogens is 4. The number of H-pyrrole nitrogens is 1. The van der Waals surface area contributed by atoms with Crippen molar-refractivity contribution in [1.82, 2.24) is 19.9 Å². The highest BCUT2D eigenvalue weighted by molar-refractivity contribution is 5.48. The number of benzene rings is 1. The monoisotopic (exact) mass is 238 g/mol. The smallest absolute Gasteiger partial charge is 0.322 e. The van der Waals surface area contributed by atoms with Gasteiger partial charge in [-0.1, -0.05) is 18.2 Å². The number of hydrogen-bond acceptors (Lipinski definition) is 4. The van der Waals surface area contributed by atoms with Gasteiger partial charge in [-0.3, -0.25) is 0 Å². The van der Waals surface area contributed by atoms with E-state index in [9.17, 15) is 0 Å². The zero-order chi connectivity index (χ0) is 12.2. The predicted molar refractivity (Wildman–Crippen MR) is 66.1 cm³/mol. The molecule has 0 saturated heterocycles. The summed E-state index contributed by atoms with van der Waals surface area (Å²) in [5.41, 5.74) is 0.695. The lowest BCUT2D eigenvalue weighted by atomic mass is 10.3. The fourth-order valence-electron chi connectivity index (χ4n) is 1.52. The van der Waals surface area contributed by atoms with E-state index in [1.165, 1.54) is 0 Å². The average Bonchev–Trinajstić information content (AvgIpc) is 2.94. The summed E-state index contributed by atoms with van der Waals surface area (Å²) in [4.78, 5) is 15.5. The number of hydrogen-bond donors (Lipinski definition) is 1.